The first-order valence-corrected chi connectivity index (χ1v) is 17.2. The third-order valence-corrected chi connectivity index (χ3v) is 9.40. The largest absolute Gasteiger partial charge is 0.493 e. The number of ether oxygens (including phenoxy) is 6. The van der Waals surface area contributed by atoms with Gasteiger partial charge in [-0.15, -0.1) is 0 Å². The Labute approximate surface area is 302 Å². The Morgan fingerprint density at radius 3 is 1.31 bits per heavy atom. The predicted octanol–water partition coefficient (Wildman–Crippen LogP) is 6.45. The van der Waals surface area contributed by atoms with Crippen molar-refractivity contribution in [3.05, 3.63) is 108 Å². The zero-order valence-corrected chi connectivity index (χ0v) is 29.8. The molecule has 0 unspecified atom stereocenters. The standard InChI is InChI=1S/2C20H21N3O3/c2*1-24-18-10-15-16(11-19(18)25-2)22-21-12-17(15)23-8-9-26-20(13-23)14-6-4-3-5-7-14/h2*3-7,10-12,20H,8-9,13H2,1-2H3/t2*20-/m10/s1. The predicted molar refractivity (Wildman–Crippen MR) is 200 cm³/mol. The van der Waals surface area contributed by atoms with Crippen molar-refractivity contribution in [1.82, 2.24) is 20.4 Å². The van der Waals surface area contributed by atoms with Crippen LogP contribution in [0.5, 0.6) is 23.0 Å². The molecule has 2 atom stereocenters. The lowest BCUT2D eigenvalue weighted by Crippen LogP contribution is -2.38. The second-order valence-corrected chi connectivity index (χ2v) is 12.3. The molecule has 6 aromatic rings. The van der Waals surface area contributed by atoms with Crippen molar-refractivity contribution in [2.75, 3.05) is 77.6 Å². The highest BCUT2D eigenvalue weighted by molar-refractivity contribution is 5.94. The molecule has 52 heavy (non-hydrogen) atoms. The van der Waals surface area contributed by atoms with Gasteiger partial charge in [0.1, 0.15) is 12.2 Å². The van der Waals surface area contributed by atoms with Crippen molar-refractivity contribution in [3.63, 3.8) is 0 Å². The molecule has 2 aliphatic heterocycles. The quantitative estimate of drug-likeness (QED) is 0.174. The van der Waals surface area contributed by atoms with Gasteiger partial charge in [-0.25, -0.2) is 0 Å². The molecule has 0 amide bonds. The molecule has 0 aliphatic carbocycles. The highest BCUT2D eigenvalue weighted by Crippen LogP contribution is 2.38. The molecule has 2 saturated heterocycles. The fraction of sp³-hybridized carbons (Fsp3) is 0.300. The number of rotatable bonds is 8. The number of anilines is 2. The summed E-state index contributed by atoms with van der Waals surface area (Å²) in [6.07, 6.45) is 3.69. The van der Waals surface area contributed by atoms with E-state index in [0.717, 1.165) is 59.4 Å². The van der Waals surface area contributed by atoms with E-state index in [9.17, 15) is 0 Å². The maximum absolute atomic E-state index is 5.99. The SMILES string of the molecule is COc1cc2nncc(N3CCO[C@@H](c4ccccc4)C3)c2cc1OC.COc1cc2nncc(N3CCO[C@H](c4ccccc4)C3)c2cc1OC. The van der Waals surface area contributed by atoms with Gasteiger partial charge in [0, 0.05) is 49.1 Å². The number of nitrogens with zero attached hydrogens (tertiary/aromatic N) is 6. The molecule has 2 aromatic heterocycles. The van der Waals surface area contributed by atoms with Gasteiger partial charge in [0.2, 0.25) is 0 Å². The molecule has 12 heteroatoms. The van der Waals surface area contributed by atoms with Gasteiger partial charge in [0.15, 0.2) is 23.0 Å². The van der Waals surface area contributed by atoms with Crippen LogP contribution in [0.25, 0.3) is 21.8 Å². The minimum atomic E-state index is 0.0355. The van der Waals surface area contributed by atoms with E-state index >= 15 is 0 Å². The van der Waals surface area contributed by atoms with Crippen LogP contribution in [0.2, 0.25) is 0 Å². The lowest BCUT2D eigenvalue weighted by molar-refractivity contribution is 0.0397. The zero-order chi connectivity index (χ0) is 35.9. The van der Waals surface area contributed by atoms with Gasteiger partial charge in [-0.2, -0.15) is 20.4 Å². The number of fused-ring (bicyclic) bond motifs is 2. The summed E-state index contributed by atoms with van der Waals surface area (Å²) in [5, 5.41) is 18.9. The number of hydrogen-bond donors (Lipinski definition) is 0. The van der Waals surface area contributed by atoms with Crippen molar-refractivity contribution in [2.45, 2.75) is 12.2 Å². The van der Waals surface area contributed by atoms with Crippen LogP contribution in [0, 0.1) is 0 Å². The Morgan fingerprint density at radius 2 is 0.923 bits per heavy atom. The highest BCUT2D eigenvalue weighted by Gasteiger charge is 2.26. The molecule has 0 saturated carbocycles. The van der Waals surface area contributed by atoms with E-state index in [0.29, 0.717) is 36.2 Å². The van der Waals surface area contributed by atoms with E-state index in [2.05, 4.69) is 54.5 Å². The molecule has 4 aromatic carbocycles. The third-order valence-electron chi connectivity index (χ3n) is 9.40. The summed E-state index contributed by atoms with van der Waals surface area (Å²) in [5.74, 6) is 2.66. The van der Waals surface area contributed by atoms with E-state index in [1.54, 1.807) is 28.4 Å². The first kappa shape index (κ1) is 34.7. The molecule has 4 heterocycles. The fourth-order valence-corrected chi connectivity index (χ4v) is 6.72. The molecule has 0 spiro atoms. The first-order valence-electron chi connectivity index (χ1n) is 17.2. The molecule has 8 rings (SSSR count). The van der Waals surface area contributed by atoms with Crippen LogP contribution in [0.3, 0.4) is 0 Å². The van der Waals surface area contributed by atoms with Gasteiger partial charge < -0.3 is 38.2 Å². The van der Waals surface area contributed by atoms with Crippen molar-refractivity contribution >= 4 is 33.2 Å². The number of hydrogen-bond acceptors (Lipinski definition) is 12. The summed E-state index contributed by atoms with van der Waals surface area (Å²) in [5.41, 5.74) is 5.98. The average Bonchev–Trinajstić information content (AvgIpc) is 3.23. The van der Waals surface area contributed by atoms with Gasteiger partial charge in [-0.3, -0.25) is 0 Å². The third kappa shape index (κ3) is 7.34. The van der Waals surface area contributed by atoms with Crippen molar-refractivity contribution in [2.24, 2.45) is 0 Å². The van der Waals surface area contributed by atoms with Gasteiger partial charge in [0.05, 0.1) is 76.5 Å². The summed E-state index contributed by atoms with van der Waals surface area (Å²) in [6.45, 7) is 4.46. The molecule has 268 valence electrons. The van der Waals surface area contributed by atoms with Crippen LogP contribution < -0.4 is 28.7 Å². The number of morpholine rings is 2. The van der Waals surface area contributed by atoms with Crippen LogP contribution in [0.15, 0.2) is 97.3 Å². The van der Waals surface area contributed by atoms with E-state index in [1.165, 1.54) is 11.1 Å². The first-order chi connectivity index (χ1) is 25.6. The van der Waals surface area contributed by atoms with Crippen LogP contribution >= 0.6 is 0 Å². The Kier molecular flexibility index (Phi) is 10.7. The minimum absolute atomic E-state index is 0.0355. The van der Waals surface area contributed by atoms with E-state index in [1.807, 2.05) is 73.1 Å². The molecule has 0 bridgehead atoms. The highest BCUT2D eigenvalue weighted by atomic mass is 16.5. The number of benzene rings is 4. The maximum atomic E-state index is 5.99. The molecule has 12 nitrogen and oxygen atoms in total. The minimum Gasteiger partial charge on any atom is -0.493 e. The summed E-state index contributed by atoms with van der Waals surface area (Å²) in [4.78, 5) is 4.59. The Balaban J connectivity index is 0.000000162. The topological polar surface area (TPSA) is 113 Å². The normalized spacial score (nSPS) is 17.3. The molecule has 2 fully saturated rings. The molecule has 0 N–H and O–H groups in total. The summed E-state index contributed by atoms with van der Waals surface area (Å²) >= 11 is 0. The number of methoxy groups -OCH3 is 4. The van der Waals surface area contributed by atoms with Crippen molar-refractivity contribution in [1.29, 1.82) is 0 Å². The second kappa shape index (κ2) is 16.1. The van der Waals surface area contributed by atoms with Gasteiger partial charge in [-0.1, -0.05) is 60.7 Å². The molecular formula is C40H42N6O6. The Morgan fingerprint density at radius 1 is 0.538 bits per heavy atom. The van der Waals surface area contributed by atoms with E-state index in [4.69, 9.17) is 28.4 Å². The lowest BCUT2D eigenvalue weighted by atomic mass is 10.1. The van der Waals surface area contributed by atoms with Crippen LogP contribution in [-0.4, -0.2) is 88.2 Å². The van der Waals surface area contributed by atoms with E-state index < -0.39 is 0 Å². The fourth-order valence-electron chi connectivity index (χ4n) is 6.72. The smallest absolute Gasteiger partial charge is 0.162 e. The monoisotopic (exact) mass is 702 g/mol. The summed E-state index contributed by atoms with van der Waals surface area (Å²) in [7, 11) is 6.51. The number of aromatic nitrogens is 4. The summed E-state index contributed by atoms with van der Waals surface area (Å²) in [6, 6.07) is 28.3. The molecule has 0 radical (unpaired) electrons. The molecular weight excluding hydrogens is 660 g/mol. The Hall–Kier alpha value is -5.72. The average molecular weight is 703 g/mol. The summed E-state index contributed by atoms with van der Waals surface area (Å²) < 4.78 is 33.7. The molecule has 2 aliphatic rings. The second-order valence-electron chi connectivity index (χ2n) is 12.3. The Bertz CT molecular complexity index is 1950. The van der Waals surface area contributed by atoms with Gasteiger partial charge in [-0.05, 0) is 23.3 Å². The lowest BCUT2D eigenvalue weighted by Gasteiger charge is -2.35. The van der Waals surface area contributed by atoms with E-state index in [-0.39, 0.29) is 12.2 Å². The van der Waals surface area contributed by atoms with Crippen molar-refractivity contribution in [3.8, 4) is 23.0 Å². The maximum Gasteiger partial charge on any atom is 0.162 e. The van der Waals surface area contributed by atoms with Crippen molar-refractivity contribution < 1.29 is 28.4 Å². The van der Waals surface area contributed by atoms with Crippen LogP contribution in [0.4, 0.5) is 11.4 Å². The van der Waals surface area contributed by atoms with Crippen LogP contribution in [0.1, 0.15) is 23.3 Å². The van der Waals surface area contributed by atoms with Crippen LogP contribution in [-0.2, 0) is 9.47 Å². The van der Waals surface area contributed by atoms with Gasteiger partial charge >= 0.3 is 0 Å². The van der Waals surface area contributed by atoms with Gasteiger partial charge in [0.25, 0.3) is 0 Å². The zero-order valence-electron chi connectivity index (χ0n) is 29.8.